The molecule has 0 bridgehead atoms. The second-order valence-corrected chi connectivity index (χ2v) is 6.62. The second-order valence-electron chi connectivity index (χ2n) is 4.89. The number of sulfonamides is 1. The number of halogens is 4. The number of para-hydroxylation sites is 1. The van der Waals surface area contributed by atoms with Gasteiger partial charge in [0.1, 0.15) is 10.6 Å². The summed E-state index contributed by atoms with van der Waals surface area (Å²) < 4.78 is 67.4. The zero-order chi connectivity index (χ0) is 17.0. The molecule has 5 nitrogen and oxygen atoms in total. The second kappa shape index (κ2) is 8.18. The predicted octanol–water partition coefficient (Wildman–Crippen LogP) is 2.80. The molecule has 0 aliphatic carbocycles. The van der Waals surface area contributed by atoms with Crippen LogP contribution in [-0.4, -0.2) is 26.9 Å². The molecule has 23 heavy (non-hydrogen) atoms. The zero-order valence-electron chi connectivity index (χ0n) is 12.7. The number of alkyl halides is 3. The van der Waals surface area contributed by atoms with Gasteiger partial charge in [0.25, 0.3) is 0 Å². The topological polar surface area (TPSA) is 81.4 Å². The van der Waals surface area contributed by atoms with Gasteiger partial charge in [-0.1, -0.05) is 26.0 Å². The van der Waals surface area contributed by atoms with E-state index in [4.69, 9.17) is 5.73 Å². The van der Waals surface area contributed by atoms with Crippen molar-refractivity contribution in [2.45, 2.75) is 43.5 Å². The van der Waals surface area contributed by atoms with E-state index >= 15 is 0 Å². The Kier molecular flexibility index (Phi) is 7.82. The van der Waals surface area contributed by atoms with Gasteiger partial charge in [0.15, 0.2) is 0 Å². The summed E-state index contributed by atoms with van der Waals surface area (Å²) in [6.07, 6.45) is -3.93. The summed E-state index contributed by atoms with van der Waals surface area (Å²) in [5.74, 6) is -0.780. The van der Waals surface area contributed by atoms with E-state index in [1.807, 2.05) is 0 Å². The van der Waals surface area contributed by atoms with E-state index in [0.717, 1.165) is 12.1 Å². The summed E-state index contributed by atoms with van der Waals surface area (Å²) in [5, 5.41) is 0. The Morgan fingerprint density at radius 1 is 1.17 bits per heavy atom. The van der Waals surface area contributed by atoms with E-state index in [0.29, 0.717) is 12.8 Å². The molecule has 134 valence electrons. The summed E-state index contributed by atoms with van der Waals surface area (Å²) in [5.41, 5.74) is 5.23. The van der Waals surface area contributed by atoms with Gasteiger partial charge in [0.2, 0.25) is 10.0 Å². The van der Waals surface area contributed by atoms with Crippen LogP contribution >= 0.6 is 12.4 Å². The lowest BCUT2D eigenvalue weighted by molar-refractivity contribution is -0.275. The van der Waals surface area contributed by atoms with Gasteiger partial charge in [-0.15, -0.1) is 25.6 Å². The SMILES string of the molecule is CCC(N)(CC)CNS(=O)(=O)c1ccccc1OC(F)(F)F.Cl. The molecule has 0 radical (unpaired) electrons. The van der Waals surface area contributed by atoms with Crippen molar-refractivity contribution >= 4 is 22.4 Å². The first-order valence-corrected chi connectivity index (χ1v) is 8.14. The molecule has 1 aromatic rings. The molecule has 0 amide bonds. The fraction of sp³-hybridized carbons (Fsp3) is 0.538. The third-order valence-corrected chi connectivity index (χ3v) is 4.83. The summed E-state index contributed by atoms with van der Waals surface area (Å²) in [6.45, 7) is 3.53. The number of nitrogens with one attached hydrogen (secondary N) is 1. The number of hydrogen-bond donors (Lipinski definition) is 2. The van der Waals surface area contributed by atoms with Crippen LogP contribution in [0.3, 0.4) is 0 Å². The number of ether oxygens (including phenoxy) is 1. The van der Waals surface area contributed by atoms with Crippen molar-refractivity contribution < 1.29 is 26.3 Å². The number of nitrogens with two attached hydrogens (primary N) is 1. The van der Waals surface area contributed by atoms with Crippen molar-refractivity contribution in [2.75, 3.05) is 6.54 Å². The molecular weight excluding hydrogens is 357 g/mol. The monoisotopic (exact) mass is 376 g/mol. The highest BCUT2D eigenvalue weighted by Crippen LogP contribution is 2.29. The van der Waals surface area contributed by atoms with Gasteiger partial charge >= 0.3 is 6.36 Å². The molecule has 0 saturated heterocycles. The number of hydrogen-bond acceptors (Lipinski definition) is 4. The molecule has 10 heteroatoms. The van der Waals surface area contributed by atoms with Crippen LogP contribution in [0.2, 0.25) is 0 Å². The Hall–Kier alpha value is -1.03. The van der Waals surface area contributed by atoms with Crippen LogP contribution in [0.15, 0.2) is 29.2 Å². The molecule has 0 heterocycles. The lowest BCUT2D eigenvalue weighted by Gasteiger charge is -2.26. The third kappa shape index (κ3) is 6.54. The lowest BCUT2D eigenvalue weighted by atomic mass is 9.95. The summed E-state index contributed by atoms with van der Waals surface area (Å²) in [6, 6.07) is 4.55. The minimum atomic E-state index is -4.98. The van der Waals surface area contributed by atoms with Gasteiger partial charge in [-0.05, 0) is 25.0 Å². The van der Waals surface area contributed by atoms with Gasteiger partial charge in [0, 0.05) is 12.1 Å². The van der Waals surface area contributed by atoms with E-state index in [-0.39, 0.29) is 19.0 Å². The van der Waals surface area contributed by atoms with Gasteiger partial charge in [-0.3, -0.25) is 0 Å². The maximum Gasteiger partial charge on any atom is 0.573 e. The van der Waals surface area contributed by atoms with Crippen molar-refractivity contribution in [1.29, 1.82) is 0 Å². The fourth-order valence-electron chi connectivity index (χ4n) is 1.70. The van der Waals surface area contributed by atoms with Crippen LogP contribution in [0.5, 0.6) is 5.75 Å². The molecule has 0 aromatic heterocycles. The van der Waals surface area contributed by atoms with E-state index in [9.17, 15) is 21.6 Å². The summed E-state index contributed by atoms with van der Waals surface area (Å²) in [4.78, 5) is -0.582. The molecule has 0 spiro atoms. The minimum absolute atomic E-state index is 0. The Morgan fingerprint density at radius 3 is 2.17 bits per heavy atom. The first-order chi connectivity index (χ1) is 10.0. The van der Waals surface area contributed by atoms with Crippen LogP contribution < -0.4 is 15.2 Å². The largest absolute Gasteiger partial charge is 0.573 e. The molecule has 1 rings (SSSR count). The summed E-state index contributed by atoms with van der Waals surface area (Å²) >= 11 is 0. The van der Waals surface area contributed by atoms with Gasteiger partial charge in [0.05, 0.1) is 0 Å². The maximum absolute atomic E-state index is 12.3. The number of benzene rings is 1. The van der Waals surface area contributed by atoms with Crippen LogP contribution in [0.25, 0.3) is 0 Å². The molecule has 0 unspecified atom stereocenters. The first kappa shape index (κ1) is 22.0. The smallest absolute Gasteiger partial charge is 0.404 e. The highest BCUT2D eigenvalue weighted by Gasteiger charge is 2.34. The zero-order valence-corrected chi connectivity index (χ0v) is 14.3. The van der Waals surface area contributed by atoms with Crippen molar-refractivity contribution in [3.05, 3.63) is 24.3 Å². The Labute approximate surface area is 139 Å². The highest BCUT2D eigenvalue weighted by molar-refractivity contribution is 7.89. The average molecular weight is 377 g/mol. The minimum Gasteiger partial charge on any atom is -0.404 e. The van der Waals surface area contributed by atoms with Crippen molar-refractivity contribution in [1.82, 2.24) is 4.72 Å². The van der Waals surface area contributed by atoms with E-state index in [1.54, 1.807) is 13.8 Å². The normalized spacial score (nSPS) is 12.6. The Balaban J connectivity index is 0.00000484. The molecule has 0 aliphatic heterocycles. The summed E-state index contributed by atoms with van der Waals surface area (Å²) in [7, 11) is -4.17. The van der Waals surface area contributed by atoms with Gasteiger partial charge in [-0.2, -0.15) is 0 Å². The van der Waals surface area contributed by atoms with Crippen LogP contribution in [0, 0.1) is 0 Å². The molecule has 0 atom stereocenters. The molecule has 1 aromatic carbocycles. The highest BCUT2D eigenvalue weighted by atomic mass is 35.5. The van der Waals surface area contributed by atoms with Crippen molar-refractivity contribution in [3.8, 4) is 5.75 Å². The number of rotatable bonds is 7. The van der Waals surface area contributed by atoms with E-state index in [2.05, 4.69) is 9.46 Å². The van der Waals surface area contributed by atoms with Crippen molar-refractivity contribution in [2.24, 2.45) is 5.73 Å². The maximum atomic E-state index is 12.3. The van der Waals surface area contributed by atoms with Crippen LogP contribution in [0.4, 0.5) is 13.2 Å². The van der Waals surface area contributed by atoms with Gasteiger partial charge < -0.3 is 10.5 Å². The Bertz CT molecular complexity index is 605. The lowest BCUT2D eigenvalue weighted by Crippen LogP contribution is -2.49. The fourth-order valence-corrected chi connectivity index (χ4v) is 2.96. The Morgan fingerprint density at radius 2 is 1.70 bits per heavy atom. The molecular formula is C13H20ClF3N2O3S. The third-order valence-electron chi connectivity index (χ3n) is 3.39. The van der Waals surface area contributed by atoms with Crippen LogP contribution in [0.1, 0.15) is 26.7 Å². The first-order valence-electron chi connectivity index (χ1n) is 6.66. The van der Waals surface area contributed by atoms with Crippen LogP contribution in [-0.2, 0) is 10.0 Å². The van der Waals surface area contributed by atoms with E-state index < -0.39 is 32.6 Å². The molecule has 0 aliphatic rings. The van der Waals surface area contributed by atoms with E-state index in [1.165, 1.54) is 12.1 Å². The van der Waals surface area contributed by atoms with Gasteiger partial charge in [-0.25, -0.2) is 13.1 Å². The van der Waals surface area contributed by atoms with Crippen molar-refractivity contribution in [3.63, 3.8) is 0 Å². The predicted molar refractivity (Wildman–Crippen MR) is 83.1 cm³/mol. The molecule has 3 N–H and O–H groups in total. The standard InChI is InChI=1S/C13H19F3N2O3S.ClH/c1-3-12(17,4-2)9-18-22(19,20)11-8-6-5-7-10(11)21-13(14,15)16;/h5-8,18H,3-4,9,17H2,1-2H3;1H. The molecule has 0 fully saturated rings. The average Bonchev–Trinajstić information content (AvgIpc) is 2.43. The quantitative estimate of drug-likeness (QED) is 0.766. The molecule has 0 saturated carbocycles.